The highest BCUT2D eigenvalue weighted by Gasteiger charge is 2.31. The molecule has 1 aromatic rings. The van der Waals surface area contributed by atoms with Crippen LogP contribution in [0.2, 0.25) is 0 Å². The van der Waals surface area contributed by atoms with Crippen molar-refractivity contribution in [3.8, 4) is 5.75 Å². The van der Waals surface area contributed by atoms with Gasteiger partial charge in [-0.15, -0.1) is 13.2 Å². The van der Waals surface area contributed by atoms with Gasteiger partial charge in [-0.05, 0) is 12.1 Å². The molecular weight excluding hydrogens is 235 g/mol. The van der Waals surface area contributed by atoms with E-state index in [0.29, 0.717) is 0 Å². The van der Waals surface area contributed by atoms with Gasteiger partial charge < -0.3 is 9.94 Å². The molecule has 1 rings (SSSR count). The van der Waals surface area contributed by atoms with Gasteiger partial charge in [0.05, 0.1) is 0 Å². The summed E-state index contributed by atoms with van der Waals surface area (Å²) in [5, 5.41) is 10.6. The van der Waals surface area contributed by atoms with E-state index in [1.54, 1.807) is 0 Å². The number of rotatable bonds is 2. The van der Waals surface area contributed by atoms with E-state index in [0.717, 1.165) is 12.1 Å². The van der Waals surface area contributed by atoms with Crippen molar-refractivity contribution >= 4 is 16.8 Å². The number of oxime groups is 1. The Balaban J connectivity index is 2.93. The van der Waals surface area contributed by atoms with Gasteiger partial charge in [0.2, 0.25) is 0 Å². The van der Waals surface area contributed by atoms with E-state index in [-0.39, 0.29) is 10.7 Å². The standard InChI is InChI=1S/C8H5ClF3NO2/c9-7(13-14)5-2-1-3-6(4-5)15-8(10,11)12/h1-4,14H/b13-7-. The van der Waals surface area contributed by atoms with Crippen molar-refractivity contribution in [2.24, 2.45) is 5.16 Å². The average molecular weight is 240 g/mol. The molecule has 7 heteroatoms. The van der Waals surface area contributed by atoms with Gasteiger partial charge in [-0.2, -0.15) is 0 Å². The normalized spacial score (nSPS) is 12.7. The molecule has 0 spiro atoms. The monoisotopic (exact) mass is 239 g/mol. The van der Waals surface area contributed by atoms with Gasteiger partial charge in [0, 0.05) is 5.56 Å². The van der Waals surface area contributed by atoms with Crippen molar-refractivity contribution in [2.75, 3.05) is 0 Å². The zero-order chi connectivity index (χ0) is 11.5. The van der Waals surface area contributed by atoms with Crippen LogP contribution in [-0.2, 0) is 0 Å². The molecule has 0 atom stereocenters. The van der Waals surface area contributed by atoms with Crippen LogP contribution in [-0.4, -0.2) is 16.7 Å². The summed E-state index contributed by atoms with van der Waals surface area (Å²) >= 11 is 5.40. The molecule has 1 aromatic carbocycles. The highest BCUT2D eigenvalue weighted by Crippen LogP contribution is 2.23. The Kier molecular flexibility index (Phi) is 3.41. The third-order valence-electron chi connectivity index (χ3n) is 1.39. The number of halogens is 4. The van der Waals surface area contributed by atoms with Gasteiger partial charge in [0.25, 0.3) is 0 Å². The van der Waals surface area contributed by atoms with E-state index in [2.05, 4.69) is 9.89 Å². The lowest BCUT2D eigenvalue weighted by molar-refractivity contribution is -0.274. The second kappa shape index (κ2) is 4.39. The minimum Gasteiger partial charge on any atom is -0.410 e. The van der Waals surface area contributed by atoms with Gasteiger partial charge >= 0.3 is 6.36 Å². The highest BCUT2D eigenvalue weighted by atomic mass is 35.5. The first kappa shape index (κ1) is 11.6. The molecule has 0 aliphatic rings. The molecule has 0 saturated carbocycles. The van der Waals surface area contributed by atoms with Crippen LogP contribution in [0.25, 0.3) is 0 Å². The summed E-state index contributed by atoms with van der Waals surface area (Å²) in [5.41, 5.74) is 0.126. The summed E-state index contributed by atoms with van der Waals surface area (Å²) in [7, 11) is 0. The van der Waals surface area contributed by atoms with Crippen LogP contribution in [0.3, 0.4) is 0 Å². The Morgan fingerprint density at radius 3 is 2.60 bits per heavy atom. The number of hydrogen-bond donors (Lipinski definition) is 1. The Morgan fingerprint density at radius 2 is 2.07 bits per heavy atom. The van der Waals surface area contributed by atoms with Crippen LogP contribution >= 0.6 is 11.6 Å². The van der Waals surface area contributed by atoms with Gasteiger partial charge in [0.1, 0.15) is 5.75 Å². The first-order valence-corrected chi connectivity index (χ1v) is 4.04. The fourth-order valence-electron chi connectivity index (χ4n) is 0.879. The topological polar surface area (TPSA) is 41.8 Å². The lowest BCUT2D eigenvalue weighted by Crippen LogP contribution is -2.17. The summed E-state index contributed by atoms with van der Waals surface area (Å²) in [6, 6.07) is 4.79. The van der Waals surface area contributed by atoms with Crippen molar-refractivity contribution < 1.29 is 23.1 Å². The summed E-state index contributed by atoms with van der Waals surface area (Å²) < 4.78 is 39.1. The molecule has 0 aromatic heterocycles. The highest BCUT2D eigenvalue weighted by molar-refractivity contribution is 6.69. The Morgan fingerprint density at radius 1 is 1.40 bits per heavy atom. The molecule has 82 valence electrons. The molecule has 3 nitrogen and oxygen atoms in total. The van der Waals surface area contributed by atoms with Crippen LogP contribution < -0.4 is 4.74 Å². The first-order valence-electron chi connectivity index (χ1n) is 3.66. The molecule has 0 radical (unpaired) electrons. The predicted molar refractivity (Wildman–Crippen MR) is 47.3 cm³/mol. The summed E-state index contributed by atoms with van der Waals surface area (Å²) in [6.07, 6.45) is -4.76. The predicted octanol–water partition coefficient (Wildman–Crippen LogP) is 2.96. The maximum atomic E-state index is 11.8. The van der Waals surface area contributed by atoms with Crippen molar-refractivity contribution in [2.45, 2.75) is 6.36 Å². The maximum absolute atomic E-state index is 11.8. The van der Waals surface area contributed by atoms with E-state index in [4.69, 9.17) is 16.8 Å². The number of benzene rings is 1. The average Bonchev–Trinajstić information content (AvgIpc) is 2.14. The van der Waals surface area contributed by atoms with Gasteiger partial charge in [-0.25, -0.2) is 0 Å². The first-order chi connectivity index (χ1) is 6.92. The van der Waals surface area contributed by atoms with Gasteiger partial charge in [-0.3, -0.25) is 0 Å². The third kappa shape index (κ3) is 3.67. The van der Waals surface area contributed by atoms with E-state index in [1.807, 2.05) is 0 Å². The molecule has 15 heavy (non-hydrogen) atoms. The van der Waals surface area contributed by atoms with E-state index < -0.39 is 12.1 Å². The molecule has 0 unspecified atom stereocenters. The second-order valence-electron chi connectivity index (χ2n) is 2.47. The molecule has 1 N–H and O–H groups in total. The Labute approximate surface area is 87.7 Å². The number of hydrogen-bond acceptors (Lipinski definition) is 3. The summed E-state index contributed by atoms with van der Waals surface area (Å²) in [6.45, 7) is 0. The molecule has 0 heterocycles. The van der Waals surface area contributed by atoms with E-state index in [1.165, 1.54) is 12.1 Å². The number of alkyl halides is 3. The molecule has 0 fully saturated rings. The van der Waals surface area contributed by atoms with Crippen LogP contribution in [0.1, 0.15) is 5.56 Å². The minimum absolute atomic E-state index is 0.126. The van der Waals surface area contributed by atoms with Crippen molar-refractivity contribution in [1.29, 1.82) is 0 Å². The van der Waals surface area contributed by atoms with Crippen molar-refractivity contribution in [3.05, 3.63) is 29.8 Å². The fourth-order valence-corrected chi connectivity index (χ4v) is 0.997. The SMILES string of the molecule is O/N=C(\Cl)c1cccc(OC(F)(F)F)c1. The number of ether oxygens (including phenoxy) is 1. The van der Waals surface area contributed by atoms with Crippen LogP contribution in [0, 0.1) is 0 Å². The zero-order valence-corrected chi connectivity index (χ0v) is 7.88. The lowest BCUT2D eigenvalue weighted by Gasteiger charge is -2.09. The molecule has 0 bridgehead atoms. The van der Waals surface area contributed by atoms with Gasteiger partial charge in [0.15, 0.2) is 5.17 Å². The summed E-state index contributed by atoms with van der Waals surface area (Å²) in [5.74, 6) is -0.429. The molecule has 0 aliphatic carbocycles. The fraction of sp³-hybridized carbons (Fsp3) is 0.125. The van der Waals surface area contributed by atoms with Crippen LogP contribution in [0.5, 0.6) is 5.75 Å². The quantitative estimate of drug-likeness (QED) is 0.490. The van der Waals surface area contributed by atoms with Crippen molar-refractivity contribution in [1.82, 2.24) is 0 Å². The smallest absolute Gasteiger partial charge is 0.410 e. The number of nitrogens with zero attached hydrogens (tertiary/aromatic N) is 1. The lowest BCUT2D eigenvalue weighted by atomic mass is 10.2. The second-order valence-corrected chi connectivity index (χ2v) is 2.82. The Hall–Kier alpha value is -1.43. The van der Waals surface area contributed by atoms with Crippen LogP contribution in [0.15, 0.2) is 29.4 Å². The largest absolute Gasteiger partial charge is 0.573 e. The minimum atomic E-state index is -4.76. The Bertz CT molecular complexity index is 378. The molecule has 0 saturated heterocycles. The van der Waals surface area contributed by atoms with Crippen molar-refractivity contribution in [3.63, 3.8) is 0 Å². The molecule has 0 amide bonds. The zero-order valence-electron chi connectivity index (χ0n) is 7.12. The maximum Gasteiger partial charge on any atom is 0.573 e. The summed E-state index contributed by atoms with van der Waals surface area (Å²) in [4.78, 5) is 0. The van der Waals surface area contributed by atoms with E-state index in [9.17, 15) is 13.2 Å². The third-order valence-corrected chi connectivity index (χ3v) is 1.69. The van der Waals surface area contributed by atoms with Crippen LogP contribution in [0.4, 0.5) is 13.2 Å². The van der Waals surface area contributed by atoms with Gasteiger partial charge in [-0.1, -0.05) is 28.9 Å². The molecular formula is C8H5ClF3NO2. The van der Waals surface area contributed by atoms with E-state index >= 15 is 0 Å². The molecule has 0 aliphatic heterocycles.